The van der Waals surface area contributed by atoms with E-state index < -0.39 is 10.0 Å². The number of hydrogen-bond acceptors (Lipinski definition) is 5. The Hall–Kier alpha value is -1.05. The number of benzene rings is 1. The molecule has 0 radical (unpaired) electrons. The van der Waals surface area contributed by atoms with Crippen LogP contribution < -0.4 is 0 Å². The Bertz CT molecular complexity index is 676. The van der Waals surface area contributed by atoms with Crippen molar-refractivity contribution in [2.75, 3.05) is 6.54 Å². The van der Waals surface area contributed by atoms with E-state index in [1.165, 1.54) is 0 Å². The van der Waals surface area contributed by atoms with Gasteiger partial charge in [-0.05, 0) is 25.0 Å². The van der Waals surface area contributed by atoms with Crippen LogP contribution in [0.1, 0.15) is 19.8 Å². The zero-order chi connectivity index (χ0) is 12.8. The lowest BCUT2D eigenvalue weighted by atomic mass is 10.3. The lowest BCUT2D eigenvalue weighted by Crippen LogP contribution is -2.33. The third-order valence-electron chi connectivity index (χ3n) is 3.10. The minimum absolute atomic E-state index is 0.168. The van der Waals surface area contributed by atoms with E-state index in [4.69, 9.17) is 0 Å². The largest absolute Gasteiger partial charge is 0.245 e. The van der Waals surface area contributed by atoms with E-state index >= 15 is 0 Å². The van der Waals surface area contributed by atoms with Crippen LogP contribution >= 0.6 is 11.7 Å². The molecular formula is C11H13N3O2S2. The van der Waals surface area contributed by atoms with Crippen molar-refractivity contribution in [3.05, 3.63) is 18.2 Å². The van der Waals surface area contributed by atoms with E-state index in [9.17, 15) is 8.42 Å². The summed E-state index contributed by atoms with van der Waals surface area (Å²) in [6, 6.07) is 5.29. The monoisotopic (exact) mass is 283 g/mol. The van der Waals surface area contributed by atoms with Crippen molar-refractivity contribution in [2.24, 2.45) is 0 Å². The summed E-state index contributed by atoms with van der Waals surface area (Å²) in [5.41, 5.74) is 1.13. The molecule has 96 valence electrons. The molecule has 1 heterocycles. The van der Waals surface area contributed by atoms with Crippen LogP contribution in [0.4, 0.5) is 0 Å². The number of nitrogens with zero attached hydrogens (tertiary/aromatic N) is 3. The van der Waals surface area contributed by atoms with Crippen LogP contribution in [-0.4, -0.2) is 34.1 Å². The molecule has 0 bridgehead atoms. The number of fused-ring (bicyclic) bond motifs is 1. The van der Waals surface area contributed by atoms with E-state index in [0.717, 1.165) is 24.6 Å². The minimum Gasteiger partial charge on any atom is -0.207 e. The maximum atomic E-state index is 12.6. The molecule has 0 N–H and O–H groups in total. The SMILES string of the molecule is CCN(C1CC1)S(=O)(=O)c1cccc2nsnc12. The lowest BCUT2D eigenvalue weighted by Gasteiger charge is -2.19. The Morgan fingerprint density at radius 1 is 1.39 bits per heavy atom. The quantitative estimate of drug-likeness (QED) is 0.859. The van der Waals surface area contributed by atoms with Gasteiger partial charge in [-0.15, -0.1) is 0 Å². The highest BCUT2D eigenvalue weighted by Crippen LogP contribution is 2.33. The molecule has 0 unspecified atom stereocenters. The topological polar surface area (TPSA) is 63.2 Å². The summed E-state index contributed by atoms with van der Waals surface area (Å²) in [6.07, 6.45) is 1.91. The molecule has 1 aliphatic rings. The molecule has 5 nitrogen and oxygen atoms in total. The molecule has 18 heavy (non-hydrogen) atoms. The molecule has 0 spiro atoms. The predicted octanol–water partition coefficient (Wildman–Crippen LogP) is 1.86. The van der Waals surface area contributed by atoms with E-state index in [1.807, 2.05) is 6.92 Å². The molecule has 1 aromatic heterocycles. The Balaban J connectivity index is 2.15. The van der Waals surface area contributed by atoms with Gasteiger partial charge in [0.05, 0.1) is 11.7 Å². The first-order valence-electron chi connectivity index (χ1n) is 5.87. The Morgan fingerprint density at radius 3 is 2.83 bits per heavy atom. The molecule has 0 aliphatic heterocycles. The van der Waals surface area contributed by atoms with E-state index in [1.54, 1.807) is 22.5 Å². The summed E-state index contributed by atoms with van der Waals surface area (Å²) in [4.78, 5) is 0.280. The van der Waals surface area contributed by atoms with Crippen molar-refractivity contribution < 1.29 is 8.42 Å². The van der Waals surface area contributed by atoms with Crippen LogP contribution in [0.15, 0.2) is 23.1 Å². The second-order valence-corrected chi connectivity index (χ2v) is 6.72. The number of hydrogen-bond donors (Lipinski definition) is 0. The number of aromatic nitrogens is 2. The van der Waals surface area contributed by atoms with Crippen molar-refractivity contribution in [1.29, 1.82) is 0 Å². The van der Waals surface area contributed by atoms with Crippen LogP contribution in [0, 0.1) is 0 Å². The van der Waals surface area contributed by atoms with Gasteiger partial charge < -0.3 is 0 Å². The smallest absolute Gasteiger partial charge is 0.207 e. The third-order valence-corrected chi connectivity index (χ3v) is 5.70. The molecule has 1 aliphatic carbocycles. The van der Waals surface area contributed by atoms with Crippen LogP contribution in [-0.2, 0) is 10.0 Å². The van der Waals surface area contributed by atoms with Crippen molar-refractivity contribution >= 4 is 32.8 Å². The molecule has 0 atom stereocenters. The Labute approximate surface area is 110 Å². The Kier molecular flexibility index (Phi) is 2.84. The summed E-state index contributed by atoms with van der Waals surface area (Å²) in [5, 5.41) is 0. The van der Waals surface area contributed by atoms with Crippen LogP contribution in [0.25, 0.3) is 11.0 Å². The van der Waals surface area contributed by atoms with Crippen molar-refractivity contribution in [3.8, 4) is 0 Å². The molecule has 2 aromatic rings. The highest BCUT2D eigenvalue weighted by molar-refractivity contribution is 7.89. The summed E-state index contributed by atoms with van der Waals surface area (Å²) in [6.45, 7) is 2.37. The predicted molar refractivity (Wildman–Crippen MR) is 70.0 cm³/mol. The second kappa shape index (κ2) is 4.25. The lowest BCUT2D eigenvalue weighted by molar-refractivity contribution is 0.421. The minimum atomic E-state index is -3.45. The van der Waals surface area contributed by atoms with Crippen LogP contribution in [0.3, 0.4) is 0 Å². The Morgan fingerprint density at radius 2 is 2.17 bits per heavy atom. The van der Waals surface area contributed by atoms with Crippen LogP contribution in [0.5, 0.6) is 0 Å². The van der Waals surface area contributed by atoms with Gasteiger partial charge in [-0.1, -0.05) is 13.0 Å². The van der Waals surface area contributed by atoms with Gasteiger partial charge in [-0.2, -0.15) is 13.1 Å². The molecule has 1 aromatic carbocycles. The maximum Gasteiger partial charge on any atom is 0.245 e. The molecule has 3 rings (SSSR count). The average molecular weight is 283 g/mol. The average Bonchev–Trinajstić information content (AvgIpc) is 3.06. The van der Waals surface area contributed by atoms with Crippen molar-refractivity contribution in [1.82, 2.24) is 13.1 Å². The molecule has 1 saturated carbocycles. The fraction of sp³-hybridized carbons (Fsp3) is 0.455. The van der Waals surface area contributed by atoms with Crippen molar-refractivity contribution in [2.45, 2.75) is 30.7 Å². The summed E-state index contributed by atoms with van der Waals surface area (Å²) < 4.78 is 35.0. The standard InChI is InChI=1S/C11H13N3O2S2/c1-2-14(8-6-7-8)18(15,16)10-5-3-4-9-11(10)13-17-12-9/h3-5,8H,2,6-7H2,1H3. The van der Waals surface area contributed by atoms with Gasteiger partial charge in [0.1, 0.15) is 15.9 Å². The zero-order valence-corrected chi connectivity index (χ0v) is 11.5. The van der Waals surface area contributed by atoms with Gasteiger partial charge in [-0.25, -0.2) is 8.42 Å². The third kappa shape index (κ3) is 1.82. The number of sulfonamides is 1. The van der Waals surface area contributed by atoms with Gasteiger partial charge in [-0.3, -0.25) is 0 Å². The maximum absolute atomic E-state index is 12.6. The fourth-order valence-corrected chi connectivity index (χ4v) is 4.55. The normalized spacial score (nSPS) is 16.6. The highest BCUT2D eigenvalue weighted by atomic mass is 32.2. The first kappa shape index (κ1) is 12.0. The summed E-state index contributed by atoms with van der Waals surface area (Å²) >= 11 is 1.04. The molecule has 0 amide bonds. The highest BCUT2D eigenvalue weighted by Gasteiger charge is 2.37. The number of rotatable bonds is 4. The van der Waals surface area contributed by atoms with E-state index in [-0.39, 0.29) is 10.9 Å². The summed E-state index contributed by atoms with van der Waals surface area (Å²) in [7, 11) is -3.45. The zero-order valence-electron chi connectivity index (χ0n) is 9.91. The van der Waals surface area contributed by atoms with Gasteiger partial charge in [0, 0.05) is 12.6 Å². The van der Waals surface area contributed by atoms with E-state index in [0.29, 0.717) is 17.6 Å². The summed E-state index contributed by atoms with van der Waals surface area (Å²) in [5.74, 6) is 0. The van der Waals surface area contributed by atoms with Crippen molar-refractivity contribution in [3.63, 3.8) is 0 Å². The molecular weight excluding hydrogens is 270 g/mol. The van der Waals surface area contributed by atoms with Gasteiger partial charge in [0.2, 0.25) is 10.0 Å². The van der Waals surface area contributed by atoms with Gasteiger partial charge >= 0.3 is 0 Å². The molecule has 7 heteroatoms. The van der Waals surface area contributed by atoms with Gasteiger partial charge in [0.25, 0.3) is 0 Å². The van der Waals surface area contributed by atoms with E-state index in [2.05, 4.69) is 8.75 Å². The van der Waals surface area contributed by atoms with Gasteiger partial charge in [0.15, 0.2) is 0 Å². The fourth-order valence-electron chi connectivity index (χ4n) is 2.10. The molecule has 0 saturated heterocycles. The van der Waals surface area contributed by atoms with Crippen LogP contribution in [0.2, 0.25) is 0 Å². The second-order valence-electron chi connectivity index (χ2n) is 4.33. The first-order valence-corrected chi connectivity index (χ1v) is 8.04. The first-order chi connectivity index (χ1) is 8.64. The molecule has 1 fully saturated rings.